The summed E-state index contributed by atoms with van der Waals surface area (Å²) >= 11 is 0. The molecule has 0 saturated heterocycles. The van der Waals surface area contributed by atoms with Crippen molar-refractivity contribution < 1.29 is 9.59 Å². The van der Waals surface area contributed by atoms with Gasteiger partial charge in [0.15, 0.2) is 0 Å². The van der Waals surface area contributed by atoms with Crippen LogP contribution in [-0.2, 0) is 29.1 Å². The zero-order chi connectivity index (χ0) is 32.1. The van der Waals surface area contributed by atoms with Crippen LogP contribution in [0.2, 0.25) is 0 Å². The number of carbonyl (C=O) groups is 2. The first-order chi connectivity index (χ1) is 21.0. The number of hydrogen-bond donors (Lipinski definition) is 4. The molecule has 0 aliphatic heterocycles. The van der Waals surface area contributed by atoms with Crippen molar-refractivity contribution in [1.29, 1.82) is 0 Å². The predicted molar refractivity (Wildman–Crippen MR) is 168 cm³/mol. The highest BCUT2D eigenvalue weighted by atomic mass is 16.2. The minimum atomic E-state index is -0.579. The van der Waals surface area contributed by atoms with Gasteiger partial charge >= 0.3 is 11.4 Å². The first kappa shape index (κ1) is 32.7. The molecule has 2 amide bonds. The lowest BCUT2D eigenvalue weighted by Gasteiger charge is -2.05. The summed E-state index contributed by atoms with van der Waals surface area (Å²) in [4.78, 5) is 72.2. The summed E-state index contributed by atoms with van der Waals surface area (Å²) in [5.74, 6) is -0.650. The Labute approximate surface area is 252 Å². The predicted octanol–water partition coefficient (Wildman–Crippen LogP) is 1.31. The molecule has 0 spiro atoms. The van der Waals surface area contributed by atoms with Crippen LogP contribution in [0.15, 0.2) is 110 Å². The molecule has 0 atom stereocenters. The molecule has 0 unspecified atom stereocenters. The summed E-state index contributed by atoms with van der Waals surface area (Å²) in [6.07, 6.45) is 9.41. The van der Waals surface area contributed by atoms with E-state index in [4.69, 9.17) is 5.73 Å². The number of aromatic nitrogens is 4. The van der Waals surface area contributed by atoms with Crippen molar-refractivity contribution in [2.24, 2.45) is 5.73 Å². The van der Waals surface area contributed by atoms with Gasteiger partial charge in [-0.3, -0.25) is 38.3 Å². The molecule has 2 aromatic carbocycles. The second-order valence-electron chi connectivity index (χ2n) is 9.77. The minimum Gasteiger partial charge on any atom is -0.366 e. The fourth-order valence-corrected chi connectivity index (χ4v) is 3.93. The monoisotopic (exact) mass is 598 g/mol. The Morgan fingerprint density at radius 3 is 1.82 bits per heavy atom. The van der Waals surface area contributed by atoms with Gasteiger partial charge in [-0.05, 0) is 30.5 Å². The summed E-state index contributed by atoms with van der Waals surface area (Å²) in [5, 5.41) is 2.83. The van der Waals surface area contributed by atoms with Crippen LogP contribution in [0.25, 0.3) is 11.1 Å². The van der Waals surface area contributed by atoms with Crippen LogP contribution in [0.4, 0.5) is 0 Å². The number of nitrogens with one attached hydrogen (secondary N) is 3. The quantitative estimate of drug-likeness (QED) is 0.158. The average Bonchev–Trinajstić information content (AvgIpc) is 2.99. The second kappa shape index (κ2) is 16.0. The van der Waals surface area contributed by atoms with Crippen LogP contribution in [0.5, 0.6) is 0 Å². The number of H-pyrrole nitrogens is 2. The van der Waals surface area contributed by atoms with Crippen molar-refractivity contribution in [2.45, 2.75) is 33.4 Å². The standard InChI is InChI=1S/C23H23N3O3.C9H11N3O3/c1-17-16-26(23(29)25-22(17)28)14-6-5-13-24-21(27)15-18-9-11-20(12-10-18)19-7-3-2-4-8-19;1-6-5-12(4-2-3-7(10)13)9(15)11-8(6)14/h2-12,16H,13-15H2,1H3,(H,24,27)(H,25,28,29);2-3,5H,4H2,1H3,(H2,10,13)(H,11,14,15). The lowest BCUT2D eigenvalue weighted by molar-refractivity contribution is -0.120. The van der Waals surface area contributed by atoms with Crippen LogP contribution in [0.1, 0.15) is 16.7 Å². The minimum absolute atomic E-state index is 0.0702. The van der Waals surface area contributed by atoms with Crippen LogP contribution >= 0.6 is 0 Å². The van der Waals surface area contributed by atoms with Gasteiger partial charge in [-0.15, -0.1) is 0 Å². The molecule has 0 saturated carbocycles. The van der Waals surface area contributed by atoms with E-state index in [-0.39, 0.29) is 18.0 Å². The van der Waals surface area contributed by atoms with Crippen LogP contribution in [-0.4, -0.2) is 37.5 Å². The zero-order valence-electron chi connectivity index (χ0n) is 24.4. The summed E-state index contributed by atoms with van der Waals surface area (Å²) < 4.78 is 2.68. The number of rotatable bonds is 10. The normalized spacial score (nSPS) is 10.9. The van der Waals surface area contributed by atoms with E-state index in [1.165, 1.54) is 27.6 Å². The number of amides is 2. The maximum atomic E-state index is 12.1. The van der Waals surface area contributed by atoms with E-state index in [1.807, 2.05) is 42.5 Å². The Kier molecular flexibility index (Phi) is 11.9. The molecule has 44 heavy (non-hydrogen) atoms. The third kappa shape index (κ3) is 10.2. The maximum Gasteiger partial charge on any atom is 0.328 e. The molecular weight excluding hydrogens is 564 g/mol. The highest BCUT2D eigenvalue weighted by Gasteiger charge is 2.04. The smallest absolute Gasteiger partial charge is 0.328 e. The first-order valence-corrected chi connectivity index (χ1v) is 13.7. The first-order valence-electron chi connectivity index (χ1n) is 13.7. The van der Waals surface area contributed by atoms with Crippen molar-refractivity contribution in [3.8, 4) is 11.1 Å². The molecule has 2 heterocycles. The molecule has 12 nitrogen and oxygen atoms in total. The lowest BCUT2D eigenvalue weighted by Crippen LogP contribution is -2.30. The molecule has 4 rings (SSSR count). The van der Waals surface area contributed by atoms with Crippen molar-refractivity contribution >= 4 is 11.8 Å². The van der Waals surface area contributed by atoms with Crippen molar-refractivity contribution in [1.82, 2.24) is 24.4 Å². The number of primary amides is 1. The highest BCUT2D eigenvalue weighted by molar-refractivity contribution is 5.85. The van der Waals surface area contributed by atoms with Crippen molar-refractivity contribution in [3.05, 3.63) is 150 Å². The molecule has 228 valence electrons. The van der Waals surface area contributed by atoms with Crippen molar-refractivity contribution in [3.63, 3.8) is 0 Å². The number of nitrogens with zero attached hydrogens (tertiary/aromatic N) is 2. The topological polar surface area (TPSA) is 182 Å². The number of benzene rings is 2. The summed E-state index contributed by atoms with van der Waals surface area (Å²) in [5.41, 5.74) is 7.24. The maximum absolute atomic E-state index is 12.1. The fraction of sp³-hybridized carbons (Fsp3) is 0.188. The van der Waals surface area contributed by atoms with Gasteiger partial charge in [-0.2, -0.15) is 0 Å². The van der Waals surface area contributed by atoms with E-state index in [0.717, 1.165) is 22.8 Å². The zero-order valence-corrected chi connectivity index (χ0v) is 24.4. The largest absolute Gasteiger partial charge is 0.366 e. The average molecular weight is 599 g/mol. The SMILES string of the molecule is Cc1cn(CC=CC(N)=O)c(=O)[nH]c1=O.Cc1cn(CC=CCNC(=O)Cc2ccc(-c3ccccc3)cc2)c(=O)[nH]c1=O. The fourth-order valence-electron chi connectivity index (χ4n) is 3.93. The third-order valence-corrected chi connectivity index (χ3v) is 6.27. The second-order valence-corrected chi connectivity index (χ2v) is 9.77. The number of aryl methyl sites for hydroxylation is 2. The summed E-state index contributed by atoms with van der Waals surface area (Å²) in [6, 6.07) is 18.0. The Morgan fingerprint density at radius 1 is 0.750 bits per heavy atom. The van der Waals surface area contributed by atoms with Gasteiger partial charge in [0.1, 0.15) is 0 Å². The molecule has 0 radical (unpaired) electrons. The Morgan fingerprint density at radius 2 is 1.27 bits per heavy atom. The van der Waals surface area contributed by atoms with Crippen LogP contribution in [0.3, 0.4) is 0 Å². The number of hydrogen-bond acceptors (Lipinski definition) is 6. The number of carbonyl (C=O) groups excluding carboxylic acids is 2. The lowest BCUT2D eigenvalue weighted by atomic mass is 10.0. The molecule has 4 aromatic rings. The Bertz CT molecular complexity index is 1880. The van der Waals surface area contributed by atoms with Gasteiger partial charge in [0, 0.05) is 49.2 Å². The van der Waals surface area contributed by atoms with Gasteiger partial charge < -0.3 is 11.1 Å². The van der Waals surface area contributed by atoms with Crippen LogP contribution in [0, 0.1) is 13.8 Å². The number of nitrogens with two attached hydrogens (primary N) is 1. The number of aromatic amines is 2. The highest BCUT2D eigenvalue weighted by Crippen LogP contribution is 2.19. The van der Waals surface area contributed by atoms with Gasteiger partial charge in [0.25, 0.3) is 11.1 Å². The van der Waals surface area contributed by atoms with Gasteiger partial charge in [-0.1, -0.05) is 72.8 Å². The van der Waals surface area contributed by atoms with E-state index < -0.39 is 22.8 Å². The molecule has 0 fully saturated rings. The van der Waals surface area contributed by atoms with E-state index in [2.05, 4.69) is 27.4 Å². The molecule has 0 aliphatic rings. The van der Waals surface area contributed by atoms with E-state index in [9.17, 15) is 28.8 Å². The molecule has 5 N–H and O–H groups in total. The van der Waals surface area contributed by atoms with Crippen LogP contribution < -0.4 is 33.5 Å². The Balaban J connectivity index is 0.000000297. The van der Waals surface area contributed by atoms with Crippen molar-refractivity contribution in [2.75, 3.05) is 6.54 Å². The molecular formula is C32H34N6O6. The summed E-state index contributed by atoms with van der Waals surface area (Å²) in [6.45, 7) is 4.13. The van der Waals surface area contributed by atoms with E-state index in [0.29, 0.717) is 30.6 Å². The van der Waals surface area contributed by atoms with E-state index >= 15 is 0 Å². The third-order valence-electron chi connectivity index (χ3n) is 6.27. The molecule has 2 aromatic heterocycles. The van der Waals surface area contributed by atoms with Gasteiger partial charge in [0.2, 0.25) is 11.8 Å². The Hall–Kier alpha value is -5.78. The van der Waals surface area contributed by atoms with Gasteiger partial charge in [0.05, 0.1) is 6.42 Å². The number of allylic oxidation sites excluding steroid dienone is 2. The molecule has 12 heteroatoms. The van der Waals surface area contributed by atoms with E-state index in [1.54, 1.807) is 26.0 Å². The van der Waals surface area contributed by atoms with Gasteiger partial charge in [-0.25, -0.2) is 9.59 Å². The molecule has 0 bridgehead atoms. The molecule has 0 aliphatic carbocycles. The summed E-state index contributed by atoms with van der Waals surface area (Å²) in [7, 11) is 0.